The van der Waals surface area contributed by atoms with E-state index in [1.165, 1.54) is 44.9 Å². The van der Waals surface area contributed by atoms with Gasteiger partial charge in [-0.2, -0.15) is 0 Å². The van der Waals surface area contributed by atoms with Gasteiger partial charge in [-0.3, -0.25) is 9.69 Å². The molecular weight excluding hydrogens is 300 g/mol. The monoisotopic (exact) mass is 334 g/mol. The van der Waals surface area contributed by atoms with Crippen molar-refractivity contribution in [2.45, 2.75) is 82.0 Å². The lowest BCUT2D eigenvalue weighted by Gasteiger charge is -2.50. The molecule has 3 heterocycles. The minimum absolute atomic E-state index is 0.232. The van der Waals surface area contributed by atoms with Crippen molar-refractivity contribution in [3.63, 3.8) is 0 Å². The van der Waals surface area contributed by atoms with Crippen molar-refractivity contribution in [3.05, 3.63) is 0 Å². The first kappa shape index (κ1) is 16.8. The van der Waals surface area contributed by atoms with Gasteiger partial charge in [-0.15, -0.1) is 0 Å². The smallest absolute Gasteiger partial charge is 0.222 e. The SMILES string of the molecule is NC1CNC(C2CCCCC2)CC1N1CCN2C(=O)CCCC2C1. The van der Waals surface area contributed by atoms with Crippen molar-refractivity contribution < 1.29 is 4.79 Å². The number of nitrogens with one attached hydrogen (secondary N) is 1. The summed E-state index contributed by atoms with van der Waals surface area (Å²) in [4.78, 5) is 16.9. The van der Waals surface area contributed by atoms with Crippen LogP contribution < -0.4 is 11.1 Å². The van der Waals surface area contributed by atoms with Crippen LogP contribution in [-0.4, -0.2) is 66.1 Å². The number of carbonyl (C=O) groups excluding carboxylic acids is 1. The third kappa shape index (κ3) is 3.35. The Morgan fingerprint density at radius 1 is 1.04 bits per heavy atom. The standard InChI is InChI=1S/C19H34N4O/c20-16-12-21-17(14-5-2-1-3-6-14)11-18(16)22-9-10-23-15(13-22)7-4-8-19(23)24/h14-18,21H,1-13,20H2. The van der Waals surface area contributed by atoms with Gasteiger partial charge in [-0.25, -0.2) is 0 Å². The Hall–Kier alpha value is -0.650. The fourth-order valence-electron chi connectivity index (χ4n) is 5.65. The minimum Gasteiger partial charge on any atom is -0.337 e. The highest BCUT2D eigenvalue weighted by molar-refractivity contribution is 5.77. The first-order valence-electron chi connectivity index (χ1n) is 10.2. The van der Waals surface area contributed by atoms with Gasteiger partial charge in [-0.05, 0) is 38.0 Å². The summed E-state index contributed by atoms with van der Waals surface area (Å²) in [7, 11) is 0. The van der Waals surface area contributed by atoms with Gasteiger partial charge < -0.3 is 16.0 Å². The molecule has 24 heavy (non-hydrogen) atoms. The molecule has 136 valence electrons. The summed E-state index contributed by atoms with van der Waals surface area (Å²) >= 11 is 0. The van der Waals surface area contributed by atoms with E-state index >= 15 is 0 Å². The Balaban J connectivity index is 1.39. The number of fused-ring (bicyclic) bond motifs is 1. The predicted octanol–water partition coefficient (Wildman–Crippen LogP) is 1.32. The van der Waals surface area contributed by atoms with Gasteiger partial charge in [0.2, 0.25) is 5.91 Å². The van der Waals surface area contributed by atoms with Gasteiger partial charge in [0.15, 0.2) is 0 Å². The Labute approximate surface area is 146 Å². The van der Waals surface area contributed by atoms with E-state index in [9.17, 15) is 4.79 Å². The molecule has 4 unspecified atom stereocenters. The van der Waals surface area contributed by atoms with E-state index in [1.807, 2.05) is 0 Å². The maximum Gasteiger partial charge on any atom is 0.222 e. The number of hydrogen-bond acceptors (Lipinski definition) is 4. The molecule has 5 heteroatoms. The van der Waals surface area contributed by atoms with Gasteiger partial charge in [0.1, 0.15) is 0 Å². The van der Waals surface area contributed by atoms with Crippen LogP contribution in [0.3, 0.4) is 0 Å². The average Bonchev–Trinajstić information content (AvgIpc) is 2.63. The fraction of sp³-hybridized carbons (Fsp3) is 0.947. The van der Waals surface area contributed by atoms with E-state index in [0.717, 1.165) is 44.9 Å². The van der Waals surface area contributed by atoms with E-state index in [4.69, 9.17) is 5.73 Å². The summed E-state index contributed by atoms with van der Waals surface area (Å²) in [5, 5.41) is 3.75. The van der Waals surface area contributed by atoms with E-state index < -0.39 is 0 Å². The maximum absolute atomic E-state index is 12.1. The molecule has 3 aliphatic heterocycles. The molecule has 0 radical (unpaired) electrons. The number of nitrogens with zero attached hydrogens (tertiary/aromatic N) is 2. The van der Waals surface area contributed by atoms with Gasteiger partial charge >= 0.3 is 0 Å². The van der Waals surface area contributed by atoms with Crippen LogP contribution in [0.5, 0.6) is 0 Å². The number of rotatable bonds is 2. The summed E-state index contributed by atoms with van der Waals surface area (Å²) < 4.78 is 0. The van der Waals surface area contributed by atoms with Crippen LogP contribution in [0.15, 0.2) is 0 Å². The Morgan fingerprint density at radius 2 is 1.88 bits per heavy atom. The van der Waals surface area contributed by atoms with Crippen LogP contribution in [0.4, 0.5) is 0 Å². The number of piperazine rings is 1. The molecule has 1 aliphatic carbocycles. The molecule has 4 aliphatic rings. The maximum atomic E-state index is 12.1. The summed E-state index contributed by atoms with van der Waals surface area (Å²) in [5.41, 5.74) is 6.51. The van der Waals surface area contributed by atoms with Crippen LogP contribution in [0.25, 0.3) is 0 Å². The van der Waals surface area contributed by atoms with Crippen molar-refractivity contribution in [3.8, 4) is 0 Å². The van der Waals surface area contributed by atoms with E-state index in [-0.39, 0.29) is 6.04 Å². The molecule has 0 spiro atoms. The Kier molecular flexibility index (Phi) is 5.11. The summed E-state index contributed by atoms with van der Waals surface area (Å²) in [6, 6.07) is 1.82. The minimum atomic E-state index is 0.232. The van der Waals surface area contributed by atoms with Crippen LogP contribution in [0.1, 0.15) is 57.8 Å². The van der Waals surface area contributed by atoms with Crippen LogP contribution in [-0.2, 0) is 4.79 Å². The second-order valence-electron chi connectivity index (χ2n) is 8.51. The molecule has 4 fully saturated rings. The van der Waals surface area contributed by atoms with Crippen LogP contribution in [0, 0.1) is 5.92 Å². The molecule has 4 rings (SSSR count). The predicted molar refractivity (Wildman–Crippen MR) is 95.7 cm³/mol. The molecular formula is C19H34N4O. The molecule has 3 N–H and O–H groups in total. The lowest BCUT2D eigenvalue weighted by atomic mass is 9.78. The van der Waals surface area contributed by atoms with Crippen molar-refractivity contribution in [2.75, 3.05) is 26.2 Å². The Morgan fingerprint density at radius 3 is 2.71 bits per heavy atom. The van der Waals surface area contributed by atoms with Crippen molar-refractivity contribution >= 4 is 5.91 Å². The average molecular weight is 335 g/mol. The number of nitrogens with two attached hydrogens (primary N) is 1. The van der Waals surface area contributed by atoms with E-state index in [0.29, 0.717) is 24.0 Å². The summed E-state index contributed by atoms with van der Waals surface area (Å²) in [6.07, 6.45) is 11.2. The number of amides is 1. The lowest BCUT2D eigenvalue weighted by Crippen LogP contribution is -2.66. The molecule has 3 saturated heterocycles. The molecule has 0 bridgehead atoms. The molecule has 5 nitrogen and oxygen atoms in total. The zero-order chi connectivity index (χ0) is 16.5. The number of hydrogen-bond donors (Lipinski definition) is 2. The number of piperidine rings is 2. The first-order chi connectivity index (χ1) is 11.7. The van der Waals surface area contributed by atoms with Gasteiger partial charge in [0, 0.05) is 56.8 Å². The second kappa shape index (κ2) is 7.30. The van der Waals surface area contributed by atoms with Crippen molar-refractivity contribution in [1.29, 1.82) is 0 Å². The summed E-state index contributed by atoms with van der Waals surface area (Å²) in [5.74, 6) is 1.23. The Bertz CT molecular complexity index is 451. The summed E-state index contributed by atoms with van der Waals surface area (Å²) in [6.45, 7) is 3.92. The highest BCUT2D eigenvalue weighted by Gasteiger charge is 2.40. The molecule has 0 aromatic heterocycles. The largest absolute Gasteiger partial charge is 0.337 e. The molecule has 1 amide bonds. The third-order valence-electron chi connectivity index (χ3n) is 7.06. The zero-order valence-electron chi connectivity index (χ0n) is 15.0. The van der Waals surface area contributed by atoms with Gasteiger partial charge in [-0.1, -0.05) is 19.3 Å². The highest BCUT2D eigenvalue weighted by atomic mass is 16.2. The van der Waals surface area contributed by atoms with Crippen molar-refractivity contribution in [2.24, 2.45) is 11.7 Å². The quantitative estimate of drug-likeness (QED) is 0.800. The normalized spacial score (nSPS) is 39.7. The molecule has 0 aromatic carbocycles. The highest BCUT2D eigenvalue weighted by Crippen LogP contribution is 2.32. The van der Waals surface area contributed by atoms with Crippen molar-refractivity contribution in [1.82, 2.24) is 15.1 Å². The van der Waals surface area contributed by atoms with Gasteiger partial charge in [0.05, 0.1) is 0 Å². The molecule has 1 saturated carbocycles. The van der Waals surface area contributed by atoms with Crippen LogP contribution >= 0.6 is 0 Å². The van der Waals surface area contributed by atoms with E-state index in [2.05, 4.69) is 15.1 Å². The van der Waals surface area contributed by atoms with Crippen LogP contribution in [0.2, 0.25) is 0 Å². The lowest BCUT2D eigenvalue weighted by molar-refractivity contribution is -0.140. The topological polar surface area (TPSA) is 61.6 Å². The second-order valence-corrected chi connectivity index (χ2v) is 8.51. The van der Waals surface area contributed by atoms with E-state index in [1.54, 1.807) is 0 Å². The molecule has 0 aromatic rings. The molecule has 4 atom stereocenters. The fourth-order valence-corrected chi connectivity index (χ4v) is 5.65. The third-order valence-corrected chi connectivity index (χ3v) is 7.06. The van der Waals surface area contributed by atoms with Gasteiger partial charge in [0.25, 0.3) is 0 Å². The number of carbonyl (C=O) groups is 1. The first-order valence-corrected chi connectivity index (χ1v) is 10.2. The zero-order valence-corrected chi connectivity index (χ0v) is 15.0.